The Morgan fingerprint density at radius 2 is 2.00 bits per heavy atom. The maximum atomic E-state index is 12.5. The number of hydrogen-bond donors (Lipinski definition) is 2. The van der Waals surface area contributed by atoms with Crippen LogP contribution in [0.15, 0.2) is 35.1 Å². The molecule has 0 radical (unpaired) electrons. The molecule has 0 saturated carbocycles. The van der Waals surface area contributed by atoms with Crippen molar-refractivity contribution >= 4 is 5.82 Å². The van der Waals surface area contributed by atoms with Crippen LogP contribution in [0.1, 0.15) is 17.0 Å². The number of aromatic nitrogens is 2. The fraction of sp³-hybridized carbons (Fsp3) is 0.167. The van der Waals surface area contributed by atoms with Crippen LogP contribution < -0.4 is 11.3 Å². The van der Waals surface area contributed by atoms with Crippen molar-refractivity contribution in [3.63, 3.8) is 0 Å². The van der Waals surface area contributed by atoms with E-state index in [1.165, 1.54) is 12.1 Å². The van der Waals surface area contributed by atoms with Crippen molar-refractivity contribution in [3.8, 4) is 0 Å². The van der Waals surface area contributed by atoms with Gasteiger partial charge >= 0.3 is 6.18 Å². The first-order valence-corrected chi connectivity index (χ1v) is 5.36. The van der Waals surface area contributed by atoms with Gasteiger partial charge in [-0.15, -0.1) is 0 Å². The van der Waals surface area contributed by atoms with E-state index in [1.54, 1.807) is 0 Å². The molecule has 100 valence electrons. The van der Waals surface area contributed by atoms with Crippen LogP contribution >= 0.6 is 0 Å². The first-order valence-electron chi connectivity index (χ1n) is 5.36. The highest BCUT2D eigenvalue weighted by Crippen LogP contribution is 2.29. The number of nitrogen functional groups attached to an aromatic ring is 1. The molecule has 0 bridgehead atoms. The lowest BCUT2D eigenvalue weighted by atomic mass is 10.1. The van der Waals surface area contributed by atoms with Crippen molar-refractivity contribution in [3.05, 3.63) is 57.6 Å². The second-order valence-electron chi connectivity index (χ2n) is 3.99. The van der Waals surface area contributed by atoms with Gasteiger partial charge in [-0.05, 0) is 11.6 Å². The van der Waals surface area contributed by atoms with Crippen LogP contribution in [0.3, 0.4) is 0 Å². The number of anilines is 1. The number of alkyl halides is 3. The summed E-state index contributed by atoms with van der Waals surface area (Å²) in [5, 5.41) is 0. The lowest BCUT2D eigenvalue weighted by molar-refractivity contribution is -0.137. The van der Waals surface area contributed by atoms with Gasteiger partial charge in [0.05, 0.1) is 5.56 Å². The number of rotatable bonds is 2. The number of aromatic amines is 1. The largest absolute Gasteiger partial charge is 0.416 e. The summed E-state index contributed by atoms with van der Waals surface area (Å²) < 4.78 is 37.6. The molecule has 0 amide bonds. The van der Waals surface area contributed by atoms with E-state index in [4.69, 9.17) is 5.73 Å². The molecule has 4 nitrogen and oxygen atoms in total. The maximum Gasteiger partial charge on any atom is 0.416 e. The summed E-state index contributed by atoms with van der Waals surface area (Å²) in [6, 6.07) is 5.94. The summed E-state index contributed by atoms with van der Waals surface area (Å²) in [6.45, 7) is 0. The van der Waals surface area contributed by atoms with Crippen LogP contribution in [0.5, 0.6) is 0 Å². The molecule has 0 aliphatic carbocycles. The molecular formula is C12H10F3N3O. The van der Waals surface area contributed by atoms with E-state index >= 15 is 0 Å². The Bertz CT molecular complexity index is 649. The molecular weight excluding hydrogens is 259 g/mol. The number of nitrogens with zero attached hydrogens (tertiary/aromatic N) is 1. The summed E-state index contributed by atoms with van der Waals surface area (Å²) in [5.74, 6) is 0.259. The summed E-state index contributed by atoms with van der Waals surface area (Å²) >= 11 is 0. The molecule has 2 aromatic rings. The fourth-order valence-electron chi connectivity index (χ4n) is 1.66. The molecule has 19 heavy (non-hydrogen) atoms. The van der Waals surface area contributed by atoms with Crippen LogP contribution in [-0.2, 0) is 12.6 Å². The highest BCUT2D eigenvalue weighted by atomic mass is 19.4. The third-order valence-electron chi connectivity index (χ3n) is 2.44. The van der Waals surface area contributed by atoms with E-state index in [0.29, 0.717) is 5.56 Å². The molecule has 0 saturated heterocycles. The van der Waals surface area contributed by atoms with Crippen molar-refractivity contribution in [2.45, 2.75) is 12.6 Å². The first-order chi connectivity index (χ1) is 8.84. The zero-order chi connectivity index (χ0) is 14.0. The second-order valence-corrected chi connectivity index (χ2v) is 3.99. The average Bonchev–Trinajstić information content (AvgIpc) is 2.26. The molecule has 1 heterocycles. The van der Waals surface area contributed by atoms with Gasteiger partial charge in [-0.2, -0.15) is 13.2 Å². The van der Waals surface area contributed by atoms with Gasteiger partial charge in [0.2, 0.25) is 0 Å². The number of H-pyrrole nitrogens is 1. The average molecular weight is 269 g/mol. The molecule has 1 aromatic heterocycles. The Morgan fingerprint density at radius 1 is 1.26 bits per heavy atom. The second kappa shape index (κ2) is 4.75. The van der Waals surface area contributed by atoms with E-state index in [1.807, 2.05) is 0 Å². The van der Waals surface area contributed by atoms with Gasteiger partial charge in [-0.3, -0.25) is 4.79 Å². The van der Waals surface area contributed by atoms with Crippen LogP contribution in [0.25, 0.3) is 0 Å². The first kappa shape index (κ1) is 13.1. The SMILES string of the molecule is Nc1cc(=O)[nH]c(Cc2cccc(C(F)(F)F)c2)n1. The smallest absolute Gasteiger partial charge is 0.383 e. The molecule has 0 aliphatic rings. The molecule has 3 N–H and O–H groups in total. The normalized spacial score (nSPS) is 11.5. The van der Waals surface area contributed by atoms with Crippen molar-refractivity contribution in [1.82, 2.24) is 9.97 Å². The fourth-order valence-corrected chi connectivity index (χ4v) is 1.66. The molecule has 7 heteroatoms. The van der Waals surface area contributed by atoms with Crippen molar-refractivity contribution in [2.75, 3.05) is 5.73 Å². The van der Waals surface area contributed by atoms with Crippen LogP contribution in [0.4, 0.5) is 19.0 Å². The van der Waals surface area contributed by atoms with Gasteiger partial charge in [-0.1, -0.05) is 18.2 Å². The Kier molecular flexibility index (Phi) is 3.28. The third-order valence-corrected chi connectivity index (χ3v) is 2.44. The molecule has 0 unspecified atom stereocenters. The van der Waals surface area contributed by atoms with Gasteiger partial charge < -0.3 is 10.7 Å². The minimum atomic E-state index is -4.40. The maximum absolute atomic E-state index is 12.5. The molecule has 2 rings (SSSR count). The topological polar surface area (TPSA) is 71.8 Å². The summed E-state index contributed by atoms with van der Waals surface area (Å²) in [6.07, 6.45) is -4.32. The van der Waals surface area contributed by atoms with Crippen molar-refractivity contribution < 1.29 is 13.2 Å². The van der Waals surface area contributed by atoms with Gasteiger partial charge in [0.15, 0.2) is 0 Å². The number of nitrogens with one attached hydrogen (secondary N) is 1. The summed E-state index contributed by atoms with van der Waals surface area (Å²) in [4.78, 5) is 17.5. The van der Waals surface area contributed by atoms with E-state index in [0.717, 1.165) is 18.2 Å². The quantitative estimate of drug-likeness (QED) is 0.875. The summed E-state index contributed by atoms with van der Waals surface area (Å²) in [7, 11) is 0. The number of nitrogens with two attached hydrogens (primary N) is 1. The molecule has 0 spiro atoms. The predicted octanol–water partition coefficient (Wildman–Crippen LogP) is 1.96. The Morgan fingerprint density at radius 3 is 2.63 bits per heavy atom. The van der Waals surface area contributed by atoms with Crippen LogP contribution in [-0.4, -0.2) is 9.97 Å². The van der Waals surface area contributed by atoms with Gasteiger partial charge in [-0.25, -0.2) is 4.98 Å². The summed E-state index contributed by atoms with van der Waals surface area (Å²) in [5.41, 5.74) is 4.62. The van der Waals surface area contributed by atoms with Gasteiger partial charge in [0.25, 0.3) is 5.56 Å². The minimum absolute atomic E-state index is 0.0331. The van der Waals surface area contributed by atoms with Crippen LogP contribution in [0, 0.1) is 0 Å². The zero-order valence-corrected chi connectivity index (χ0v) is 9.66. The molecule has 0 atom stereocenters. The number of halogens is 3. The van der Waals surface area contributed by atoms with Crippen molar-refractivity contribution in [2.24, 2.45) is 0 Å². The predicted molar refractivity (Wildman–Crippen MR) is 63.5 cm³/mol. The minimum Gasteiger partial charge on any atom is -0.383 e. The van der Waals surface area contributed by atoms with Gasteiger partial charge in [0, 0.05) is 12.5 Å². The highest BCUT2D eigenvalue weighted by molar-refractivity contribution is 5.30. The van der Waals surface area contributed by atoms with E-state index in [9.17, 15) is 18.0 Å². The van der Waals surface area contributed by atoms with E-state index in [-0.39, 0.29) is 18.1 Å². The van der Waals surface area contributed by atoms with E-state index < -0.39 is 17.3 Å². The third kappa shape index (κ3) is 3.34. The standard InChI is InChI=1S/C12H10F3N3O/c13-12(14,15)8-3-1-2-7(4-8)5-10-17-9(16)6-11(19)18-10/h1-4,6H,5H2,(H3,16,17,18,19). The lowest BCUT2D eigenvalue weighted by Gasteiger charge is -2.08. The monoisotopic (exact) mass is 269 g/mol. The van der Waals surface area contributed by atoms with E-state index in [2.05, 4.69) is 9.97 Å². The van der Waals surface area contributed by atoms with Gasteiger partial charge in [0.1, 0.15) is 11.6 Å². The molecule has 1 aromatic carbocycles. The Labute approximate surface area is 106 Å². The van der Waals surface area contributed by atoms with Crippen LogP contribution in [0.2, 0.25) is 0 Å². The molecule has 0 aliphatic heterocycles. The number of benzene rings is 1. The molecule has 0 fully saturated rings. The highest BCUT2D eigenvalue weighted by Gasteiger charge is 2.30. The van der Waals surface area contributed by atoms with Crippen molar-refractivity contribution in [1.29, 1.82) is 0 Å². The Balaban J connectivity index is 2.31. The Hall–Kier alpha value is -2.31. The zero-order valence-electron chi connectivity index (χ0n) is 9.66. The number of hydrogen-bond acceptors (Lipinski definition) is 3. The lowest BCUT2D eigenvalue weighted by Crippen LogP contribution is -2.13.